The first-order chi connectivity index (χ1) is 15.3. The van der Waals surface area contributed by atoms with Crippen LogP contribution in [0.4, 0.5) is 27.6 Å². The van der Waals surface area contributed by atoms with Gasteiger partial charge in [-0.2, -0.15) is 0 Å². The monoisotopic (exact) mass is 473 g/mol. The van der Waals surface area contributed by atoms with E-state index in [2.05, 4.69) is 5.32 Å². The number of ether oxygens (including phenoxy) is 2. The predicted molar refractivity (Wildman–Crippen MR) is 108 cm³/mol. The Kier molecular flexibility index (Phi) is 6.04. The molecule has 1 N–H and O–H groups in total. The molecule has 0 radical (unpaired) electrons. The van der Waals surface area contributed by atoms with Crippen molar-refractivity contribution < 1.29 is 36.2 Å². The number of thiocarbonyl (C=S) groups is 1. The number of nitrogens with one attached hydrogen (secondary N) is 1. The van der Waals surface area contributed by atoms with Gasteiger partial charge in [0.25, 0.3) is 5.91 Å². The van der Waals surface area contributed by atoms with Gasteiger partial charge < -0.3 is 19.3 Å². The van der Waals surface area contributed by atoms with E-state index in [9.17, 15) is 26.7 Å². The van der Waals surface area contributed by atoms with Crippen LogP contribution in [0.2, 0.25) is 0 Å². The summed E-state index contributed by atoms with van der Waals surface area (Å²) in [5, 5.41) is 2.63. The number of carbonyl (C=O) groups excluding carboxylic acids is 1. The lowest BCUT2D eigenvalue weighted by molar-refractivity contribution is 0.0971. The maximum atomic E-state index is 14.0. The smallest absolute Gasteiger partial charge is 0.257 e. The number of carbonyl (C=O) groups is 1. The Hall–Kier alpha value is -3.15. The van der Waals surface area contributed by atoms with E-state index in [0.717, 1.165) is 4.90 Å². The van der Waals surface area contributed by atoms with Gasteiger partial charge in [-0.1, -0.05) is 0 Å². The van der Waals surface area contributed by atoms with Crippen molar-refractivity contribution in [1.29, 1.82) is 0 Å². The Bertz CT molecular complexity index is 1060. The lowest BCUT2D eigenvalue weighted by Gasteiger charge is -2.37. The van der Waals surface area contributed by atoms with Crippen molar-refractivity contribution in [3.8, 4) is 11.5 Å². The quantitative estimate of drug-likeness (QED) is 0.313. The van der Waals surface area contributed by atoms with Gasteiger partial charge in [0.1, 0.15) is 18.9 Å². The van der Waals surface area contributed by atoms with Crippen molar-refractivity contribution in [2.24, 2.45) is 0 Å². The molecule has 2 heterocycles. The second kappa shape index (κ2) is 8.77. The minimum Gasteiger partial charge on any atom is -0.486 e. The molecule has 2 aromatic carbocycles. The summed E-state index contributed by atoms with van der Waals surface area (Å²) in [4.78, 5) is 15.1. The third-order valence-corrected chi connectivity index (χ3v) is 5.45. The molecule has 0 saturated carbocycles. The standard InChI is InChI=1S/C20H16F5N3O3S/c21-13-14(22)16(24)18(17(25)15(13)23)27-3-5-28(6-4-27)20(32)26-19(29)10-1-2-11-12(9-10)31-8-7-30-11/h1-2,9H,3-8H2,(H,26,29,32). The highest BCUT2D eigenvalue weighted by atomic mass is 32.1. The molecular formula is C20H16F5N3O3S. The van der Waals surface area contributed by atoms with Gasteiger partial charge in [0, 0.05) is 31.7 Å². The minimum atomic E-state index is -2.20. The van der Waals surface area contributed by atoms with Crippen molar-refractivity contribution in [3.05, 3.63) is 52.8 Å². The van der Waals surface area contributed by atoms with Crippen molar-refractivity contribution >= 4 is 28.9 Å². The summed E-state index contributed by atoms with van der Waals surface area (Å²) >= 11 is 5.24. The first-order valence-corrected chi connectivity index (χ1v) is 9.95. The summed E-state index contributed by atoms with van der Waals surface area (Å²) in [5.74, 6) is -9.49. The van der Waals surface area contributed by atoms with Crippen molar-refractivity contribution in [2.45, 2.75) is 0 Å². The molecule has 0 spiro atoms. The summed E-state index contributed by atoms with van der Waals surface area (Å²) < 4.78 is 79.2. The van der Waals surface area contributed by atoms with E-state index in [1.54, 1.807) is 17.0 Å². The van der Waals surface area contributed by atoms with Crippen LogP contribution >= 0.6 is 12.2 Å². The number of hydrogen-bond donors (Lipinski definition) is 1. The number of anilines is 1. The van der Waals surface area contributed by atoms with Crippen molar-refractivity contribution in [3.63, 3.8) is 0 Å². The summed E-state index contributed by atoms with van der Waals surface area (Å²) in [6.45, 7) is 0.833. The molecule has 2 aliphatic heterocycles. The third-order valence-electron chi connectivity index (χ3n) is 5.09. The molecular weight excluding hydrogens is 457 g/mol. The number of nitrogens with zero attached hydrogens (tertiary/aromatic N) is 2. The zero-order chi connectivity index (χ0) is 23.0. The topological polar surface area (TPSA) is 54.0 Å². The van der Waals surface area contributed by atoms with Crippen LogP contribution in [0.1, 0.15) is 10.4 Å². The van der Waals surface area contributed by atoms with Gasteiger partial charge in [-0.3, -0.25) is 10.1 Å². The number of amides is 1. The van der Waals surface area contributed by atoms with Crippen LogP contribution in [-0.2, 0) is 0 Å². The van der Waals surface area contributed by atoms with Gasteiger partial charge in [-0.05, 0) is 30.4 Å². The normalized spacial score (nSPS) is 15.5. The fraction of sp³-hybridized carbons (Fsp3) is 0.300. The Labute approximate surface area is 184 Å². The van der Waals surface area contributed by atoms with Gasteiger partial charge in [-0.15, -0.1) is 0 Å². The molecule has 170 valence electrons. The Morgan fingerprint density at radius 2 is 1.41 bits per heavy atom. The predicted octanol–water partition coefficient (Wildman–Crippen LogP) is 2.99. The maximum absolute atomic E-state index is 14.0. The molecule has 32 heavy (non-hydrogen) atoms. The van der Waals surface area contributed by atoms with Crippen LogP contribution in [-0.4, -0.2) is 55.3 Å². The molecule has 6 nitrogen and oxygen atoms in total. The summed E-state index contributed by atoms with van der Waals surface area (Å²) in [7, 11) is 0. The van der Waals surface area contributed by atoms with E-state index in [0.29, 0.717) is 24.7 Å². The highest BCUT2D eigenvalue weighted by Gasteiger charge is 2.31. The Morgan fingerprint density at radius 3 is 2.03 bits per heavy atom. The number of fused-ring (bicyclic) bond motifs is 1. The number of benzene rings is 2. The molecule has 2 aliphatic rings. The molecule has 1 fully saturated rings. The molecule has 1 saturated heterocycles. The molecule has 4 rings (SSSR count). The van der Waals surface area contributed by atoms with Crippen molar-refractivity contribution in [1.82, 2.24) is 10.2 Å². The van der Waals surface area contributed by atoms with Crippen LogP contribution in [0.25, 0.3) is 0 Å². The third kappa shape index (κ3) is 4.01. The molecule has 2 aromatic rings. The minimum absolute atomic E-state index is 0.0710. The second-order valence-corrected chi connectivity index (χ2v) is 7.40. The molecule has 0 bridgehead atoms. The average molecular weight is 473 g/mol. The molecule has 1 amide bonds. The zero-order valence-corrected chi connectivity index (χ0v) is 17.2. The highest BCUT2D eigenvalue weighted by molar-refractivity contribution is 7.80. The molecule has 0 unspecified atom stereocenters. The van der Waals surface area contributed by atoms with Crippen LogP contribution in [0.15, 0.2) is 18.2 Å². The molecule has 0 aromatic heterocycles. The van der Waals surface area contributed by atoms with Crippen LogP contribution < -0.4 is 19.7 Å². The molecule has 0 aliphatic carbocycles. The lowest BCUT2D eigenvalue weighted by Crippen LogP contribution is -2.53. The van der Waals surface area contributed by atoms with Crippen molar-refractivity contribution in [2.75, 3.05) is 44.3 Å². The summed E-state index contributed by atoms with van der Waals surface area (Å²) in [6, 6.07) is 4.68. The van der Waals surface area contributed by atoms with Gasteiger partial charge in [0.15, 0.2) is 39.9 Å². The Balaban J connectivity index is 1.40. The van der Waals surface area contributed by atoms with Crippen LogP contribution in [0.5, 0.6) is 11.5 Å². The van der Waals surface area contributed by atoms with E-state index in [1.165, 1.54) is 6.07 Å². The number of hydrogen-bond acceptors (Lipinski definition) is 5. The summed E-state index contributed by atoms with van der Waals surface area (Å²) in [6.07, 6.45) is 0. The fourth-order valence-electron chi connectivity index (χ4n) is 3.44. The highest BCUT2D eigenvalue weighted by Crippen LogP contribution is 2.32. The fourth-order valence-corrected chi connectivity index (χ4v) is 3.71. The number of rotatable bonds is 2. The lowest BCUT2D eigenvalue weighted by atomic mass is 10.2. The second-order valence-electron chi connectivity index (χ2n) is 7.01. The average Bonchev–Trinajstić information content (AvgIpc) is 2.81. The van der Waals surface area contributed by atoms with Crippen LogP contribution in [0, 0.1) is 29.1 Å². The Morgan fingerprint density at radius 1 is 0.844 bits per heavy atom. The van der Waals surface area contributed by atoms with E-state index < -0.39 is 40.7 Å². The first kappa shape index (κ1) is 22.1. The first-order valence-electron chi connectivity index (χ1n) is 9.54. The van der Waals surface area contributed by atoms with Crippen LogP contribution in [0.3, 0.4) is 0 Å². The SMILES string of the molecule is O=C(NC(=S)N1CCN(c2c(F)c(F)c(F)c(F)c2F)CC1)c1ccc2c(c1)OCCO2. The zero-order valence-electron chi connectivity index (χ0n) is 16.4. The van der Waals surface area contributed by atoms with E-state index >= 15 is 0 Å². The largest absolute Gasteiger partial charge is 0.486 e. The van der Waals surface area contributed by atoms with Gasteiger partial charge in [0.05, 0.1) is 0 Å². The van der Waals surface area contributed by atoms with E-state index in [4.69, 9.17) is 21.7 Å². The number of piperazine rings is 1. The van der Waals surface area contributed by atoms with Gasteiger partial charge >= 0.3 is 0 Å². The molecule has 12 heteroatoms. The number of halogens is 5. The van der Waals surface area contributed by atoms with E-state index in [-0.39, 0.29) is 36.9 Å². The summed E-state index contributed by atoms with van der Waals surface area (Å²) in [5.41, 5.74) is -0.691. The van der Waals surface area contributed by atoms with E-state index in [1.807, 2.05) is 0 Å². The maximum Gasteiger partial charge on any atom is 0.257 e. The van der Waals surface area contributed by atoms with Gasteiger partial charge in [0.2, 0.25) is 5.82 Å². The van der Waals surface area contributed by atoms with Gasteiger partial charge in [-0.25, -0.2) is 22.0 Å². The molecule has 0 atom stereocenters.